The summed E-state index contributed by atoms with van der Waals surface area (Å²) in [5, 5.41) is 7.18. The number of ether oxygens (including phenoxy) is 6. The number of alkyl halides is 2. The van der Waals surface area contributed by atoms with E-state index in [1.807, 2.05) is 0 Å². The van der Waals surface area contributed by atoms with Crippen molar-refractivity contribution in [1.29, 1.82) is 0 Å². The van der Waals surface area contributed by atoms with Gasteiger partial charge in [0.1, 0.15) is 23.7 Å². The first-order chi connectivity index (χ1) is 16.6. The highest BCUT2D eigenvalue weighted by Gasteiger charge is 2.73. The summed E-state index contributed by atoms with van der Waals surface area (Å²) in [6, 6.07) is 0. The molecule has 35 heavy (non-hydrogen) atoms. The Balaban J connectivity index is 1.18. The zero-order valence-corrected chi connectivity index (χ0v) is 19.1. The summed E-state index contributed by atoms with van der Waals surface area (Å²) < 4.78 is 66.2. The number of hydrogen-bond acceptors (Lipinski definition) is 13. The molecule has 7 fully saturated rings. The summed E-state index contributed by atoms with van der Waals surface area (Å²) in [5.74, 6) is -4.66. The molecule has 4 saturated carbocycles. The number of hydrogen-bond donors (Lipinski definition) is 1. The third-order valence-electron chi connectivity index (χ3n) is 7.89. The van der Waals surface area contributed by atoms with Crippen LogP contribution in [0.5, 0.6) is 0 Å². The van der Waals surface area contributed by atoms with Crippen LogP contribution in [0.25, 0.3) is 0 Å². The van der Waals surface area contributed by atoms with Gasteiger partial charge in [-0.3, -0.25) is 4.79 Å². The molecule has 0 amide bonds. The van der Waals surface area contributed by atoms with E-state index in [0.717, 1.165) is 0 Å². The van der Waals surface area contributed by atoms with Crippen molar-refractivity contribution in [3.63, 3.8) is 0 Å². The highest BCUT2D eigenvalue weighted by Crippen LogP contribution is 2.65. The number of rotatable bonds is 6. The fourth-order valence-corrected chi connectivity index (χ4v) is 7.24. The number of fused-ring (bicyclic) bond motifs is 3. The fourth-order valence-electron chi connectivity index (χ4n) is 7.01. The number of carbonyl (C=O) groups is 3. The van der Waals surface area contributed by atoms with Crippen LogP contribution in [0.2, 0.25) is 0 Å². The second kappa shape index (κ2) is 7.94. The van der Waals surface area contributed by atoms with E-state index in [0.29, 0.717) is 19.3 Å². The number of halogens is 2. The maximum absolute atomic E-state index is 14.0. The summed E-state index contributed by atoms with van der Waals surface area (Å²) in [4.78, 5) is 35.8. The summed E-state index contributed by atoms with van der Waals surface area (Å²) in [6.45, 7) is 1.18. The van der Waals surface area contributed by atoms with E-state index in [1.165, 1.54) is 6.92 Å². The highest BCUT2D eigenvalue weighted by atomic mass is 32.2. The minimum absolute atomic E-state index is 0.128. The van der Waals surface area contributed by atoms with Crippen LogP contribution in [-0.4, -0.2) is 70.5 Å². The molecule has 7 unspecified atom stereocenters. The third-order valence-corrected chi connectivity index (χ3v) is 8.40. The zero-order valence-electron chi connectivity index (χ0n) is 18.3. The van der Waals surface area contributed by atoms with Gasteiger partial charge in [-0.05, 0) is 38.0 Å². The molecule has 0 aromatic heterocycles. The van der Waals surface area contributed by atoms with Crippen LogP contribution in [0.4, 0.5) is 8.78 Å². The first-order valence-electron chi connectivity index (χ1n) is 11.2. The Morgan fingerprint density at radius 2 is 1.83 bits per heavy atom. The lowest BCUT2D eigenvalue weighted by Crippen LogP contribution is -2.66. The molecule has 0 aromatic carbocycles. The van der Waals surface area contributed by atoms with Gasteiger partial charge in [0.05, 0.1) is 0 Å². The van der Waals surface area contributed by atoms with Gasteiger partial charge in [0.2, 0.25) is 6.10 Å². The minimum atomic E-state index is -4.09. The Labute approximate surface area is 200 Å². The van der Waals surface area contributed by atoms with Gasteiger partial charge >= 0.3 is 23.2 Å². The van der Waals surface area contributed by atoms with Crippen LogP contribution in [0.1, 0.15) is 39.0 Å². The van der Waals surface area contributed by atoms with E-state index in [1.54, 1.807) is 0 Å². The molecule has 12 nitrogen and oxygen atoms in total. The maximum atomic E-state index is 14.0. The monoisotopic (exact) mass is 524 g/mol. The van der Waals surface area contributed by atoms with Crippen molar-refractivity contribution in [2.75, 3.05) is 0 Å². The van der Waals surface area contributed by atoms with Gasteiger partial charge in [0.25, 0.3) is 0 Å². The molecule has 7 rings (SSSR count). The van der Waals surface area contributed by atoms with E-state index >= 15 is 0 Å². The Morgan fingerprint density at radius 1 is 1.11 bits per heavy atom. The molecule has 4 aliphatic carbocycles. The number of esters is 3. The molecule has 3 heterocycles. The quantitative estimate of drug-likeness (QED) is 0.176. The fraction of sp³-hybridized carbons (Fsp3) is 0.850. The lowest BCUT2D eigenvalue weighted by molar-refractivity contribution is -0.433. The molecule has 7 atom stereocenters. The van der Waals surface area contributed by atoms with Gasteiger partial charge in [-0.2, -0.15) is 8.78 Å². The summed E-state index contributed by atoms with van der Waals surface area (Å²) >= 11 is -0.661. The molecule has 4 bridgehead atoms. The standard InChI is InChI=1S/C20H22F2O12S/c1-7(23)27-13-11-12(28-15(13)24)14-16(29-11)31-19(30-14)9-2-8-3-10(19)6-18(4-8,5-9)32-17(25)20(21,22)35-34-33-26/h8-14,16,26H,2-6H2,1H3. The van der Waals surface area contributed by atoms with Crippen LogP contribution < -0.4 is 0 Å². The molecule has 7 aliphatic rings. The van der Waals surface area contributed by atoms with E-state index in [-0.39, 0.29) is 30.6 Å². The van der Waals surface area contributed by atoms with Crippen molar-refractivity contribution in [2.24, 2.45) is 17.8 Å². The Bertz CT molecular complexity index is 931. The van der Waals surface area contributed by atoms with E-state index in [9.17, 15) is 23.2 Å². The summed E-state index contributed by atoms with van der Waals surface area (Å²) in [6.07, 6.45) is -2.17. The Morgan fingerprint density at radius 3 is 2.49 bits per heavy atom. The molecule has 3 saturated heterocycles. The van der Waals surface area contributed by atoms with Crippen molar-refractivity contribution in [2.45, 2.75) is 86.4 Å². The first-order valence-corrected chi connectivity index (χ1v) is 12.0. The summed E-state index contributed by atoms with van der Waals surface area (Å²) in [7, 11) is 0. The van der Waals surface area contributed by atoms with E-state index < -0.39 is 77.3 Å². The lowest BCUT2D eigenvalue weighted by Gasteiger charge is -2.62. The summed E-state index contributed by atoms with van der Waals surface area (Å²) in [5.41, 5.74) is -1.11. The van der Waals surface area contributed by atoms with Crippen LogP contribution in [-0.2, 0) is 52.2 Å². The molecule has 3 aliphatic heterocycles. The molecule has 1 spiro atoms. The maximum Gasteiger partial charge on any atom is 0.415 e. The second-order valence-electron chi connectivity index (χ2n) is 9.98. The molecular formula is C20H22F2O12S. The van der Waals surface area contributed by atoms with Gasteiger partial charge in [-0.1, -0.05) is 5.04 Å². The first kappa shape index (κ1) is 23.8. The molecule has 194 valence electrons. The van der Waals surface area contributed by atoms with Crippen molar-refractivity contribution in [3.8, 4) is 0 Å². The van der Waals surface area contributed by atoms with Crippen LogP contribution in [0.15, 0.2) is 0 Å². The Kier molecular flexibility index (Phi) is 5.39. The third kappa shape index (κ3) is 3.58. The largest absolute Gasteiger partial charge is 0.454 e. The van der Waals surface area contributed by atoms with Gasteiger partial charge in [0, 0.05) is 18.8 Å². The van der Waals surface area contributed by atoms with Gasteiger partial charge in [-0.25, -0.2) is 14.8 Å². The second-order valence-corrected chi connectivity index (χ2v) is 10.8. The molecule has 0 aromatic rings. The topological polar surface area (TPSA) is 145 Å². The normalized spacial score (nSPS) is 47.0. The van der Waals surface area contributed by atoms with Crippen LogP contribution in [0.3, 0.4) is 0 Å². The Hall–Kier alpha value is -1.62. The molecule has 1 N–H and O–H groups in total. The van der Waals surface area contributed by atoms with Gasteiger partial charge in [0.15, 0.2) is 24.3 Å². The van der Waals surface area contributed by atoms with Gasteiger partial charge < -0.3 is 28.4 Å². The van der Waals surface area contributed by atoms with E-state index in [4.69, 9.17) is 33.7 Å². The molecule has 0 radical (unpaired) electrons. The van der Waals surface area contributed by atoms with Crippen molar-refractivity contribution >= 4 is 30.0 Å². The average molecular weight is 524 g/mol. The lowest BCUT2D eigenvalue weighted by atomic mass is 9.51. The SMILES string of the molecule is CC(=O)OC1C(=O)OC2C3OC4(OC3OC12)C1CC2CC4CC(OC(=O)C(F)(F)SOOO)(C2)C1. The van der Waals surface area contributed by atoms with E-state index in [2.05, 4.69) is 9.37 Å². The van der Waals surface area contributed by atoms with Crippen molar-refractivity contribution in [1.82, 2.24) is 0 Å². The van der Waals surface area contributed by atoms with Gasteiger partial charge in [-0.15, -0.1) is 4.33 Å². The van der Waals surface area contributed by atoms with Crippen LogP contribution >= 0.6 is 12.0 Å². The average Bonchev–Trinajstić information content (AvgIpc) is 3.39. The van der Waals surface area contributed by atoms with Crippen molar-refractivity contribution < 1.29 is 66.2 Å². The predicted octanol–water partition coefficient (Wildman–Crippen LogP) is 1.46. The molecular weight excluding hydrogens is 502 g/mol. The number of carbonyl (C=O) groups excluding carboxylic acids is 3. The highest BCUT2D eigenvalue weighted by molar-refractivity contribution is 7.96. The zero-order chi connectivity index (χ0) is 24.8. The van der Waals surface area contributed by atoms with Crippen molar-refractivity contribution in [3.05, 3.63) is 0 Å². The minimum Gasteiger partial charge on any atom is -0.454 e. The van der Waals surface area contributed by atoms with Crippen LogP contribution in [0, 0.1) is 17.8 Å². The smallest absolute Gasteiger partial charge is 0.415 e. The predicted molar refractivity (Wildman–Crippen MR) is 102 cm³/mol. The molecule has 15 heteroatoms.